The largest absolute Gasteiger partial charge is 0.334 e. The Balaban J connectivity index is 1.47. The molecule has 1 fully saturated rings. The highest BCUT2D eigenvalue weighted by Crippen LogP contribution is 2.35. The van der Waals surface area contributed by atoms with Crippen LogP contribution in [-0.4, -0.2) is 33.1 Å². The number of para-hydroxylation sites is 2. The van der Waals surface area contributed by atoms with Crippen LogP contribution in [0.25, 0.3) is 11.0 Å². The molecule has 1 atom stereocenters. The van der Waals surface area contributed by atoms with Crippen molar-refractivity contribution < 1.29 is 4.79 Å². The fourth-order valence-corrected chi connectivity index (χ4v) is 4.98. The van der Waals surface area contributed by atoms with Crippen LogP contribution < -0.4 is 0 Å². The lowest BCUT2D eigenvalue weighted by Crippen LogP contribution is -2.31. The maximum Gasteiger partial charge on any atom is 0.233 e. The van der Waals surface area contributed by atoms with Gasteiger partial charge in [-0.2, -0.15) is 0 Å². The highest BCUT2D eigenvalue weighted by atomic mass is 32.2. The summed E-state index contributed by atoms with van der Waals surface area (Å²) in [7, 11) is 0. The van der Waals surface area contributed by atoms with E-state index in [-0.39, 0.29) is 11.9 Å². The normalized spacial score (nSPS) is 17.3. The standard InChI is InChI=1S/C19H19N3OS2/c1-13-19(21-15-7-3-2-6-14(15)20-13)25-12-18(23)22-10-4-8-16(22)17-9-5-11-24-17/h2-3,5-7,9,11,16H,4,8,10,12H2,1H3. The SMILES string of the molecule is Cc1nc2ccccc2nc1SCC(=O)N1CCCC1c1cccs1. The first kappa shape index (κ1) is 16.5. The van der Waals surface area contributed by atoms with Crippen LogP contribution >= 0.6 is 23.1 Å². The average molecular weight is 370 g/mol. The van der Waals surface area contributed by atoms with E-state index in [1.165, 1.54) is 16.6 Å². The van der Waals surface area contributed by atoms with Gasteiger partial charge in [0.15, 0.2) is 0 Å². The number of hydrogen-bond acceptors (Lipinski definition) is 5. The molecule has 0 spiro atoms. The zero-order valence-corrected chi connectivity index (χ0v) is 15.6. The van der Waals surface area contributed by atoms with Gasteiger partial charge in [0.05, 0.1) is 28.5 Å². The molecule has 6 heteroatoms. The van der Waals surface area contributed by atoms with Gasteiger partial charge in [0.1, 0.15) is 5.03 Å². The first-order valence-electron chi connectivity index (χ1n) is 8.41. The molecule has 1 aliphatic heterocycles. The molecule has 3 heterocycles. The van der Waals surface area contributed by atoms with Crippen molar-refractivity contribution in [2.45, 2.75) is 30.8 Å². The Morgan fingerprint density at radius 2 is 2.04 bits per heavy atom. The van der Waals surface area contributed by atoms with Crippen molar-refractivity contribution in [1.29, 1.82) is 0 Å². The van der Waals surface area contributed by atoms with Crippen molar-refractivity contribution in [1.82, 2.24) is 14.9 Å². The molecule has 2 aromatic heterocycles. The minimum atomic E-state index is 0.190. The molecule has 1 unspecified atom stereocenters. The highest BCUT2D eigenvalue weighted by molar-refractivity contribution is 7.99. The second-order valence-electron chi connectivity index (χ2n) is 6.15. The Morgan fingerprint density at radius 3 is 2.80 bits per heavy atom. The van der Waals surface area contributed by atoms with Crippen LogP contribution in [-0.2, 0) is 4.79 Å². The molecule has 1 aromatic carbocycles. The van der Waals surface area contributed by atoms with Crippen molar-refractivity contribution in [3.63, 3.8) is 0 Å². The van der Waals surface area contributed by atoms with E-state index < -0.39 is 0 Å². The summed E-state index contributed by atoms with van der Waals surface area (Å²) in [4.78, 5) is 25.4. The van der Waals surface area contributed by atoms with Gasteiger partial charge in [0.25, 0.3) is 0 Å². The predicted octanol–water partition coefficient (Wildman–Crippen LogP) is 4.46. The number of nitrogens with zero attached hydrogens (tertiary/aromatic N) is 3. The van der Waals surface area contributed by atoms with Crippen LogP contribution in [0.5, 0.6) is 0 Å². The summed E-state index contributed by atoms with van der Waals surface area (Å²) in [5, 5.41) is 2.93. The average Bonchev–Trinajstić information content (AvgIpc) is 3.30. The molecule has 25 heavy (non-hydrogen) atoms. The molecule has 4 nitrogen and oxygen atoms in total. The third-order valence-electron chi connectivity index (χ3n) is 4.48. The molecule has 0 N–H and O–H groups in total. The smallest absolute Gasteiger partial charge is 0.233 e. The molecule has 1 aliphatic rings. The summed E-state index contributed by atoms with van der Waals surface area (Å²) in [5.41, 5.74) is 2.65. The van der Waals surface area contributed by atoms with E-state index in [9.17, 15) is 4.79 Å². The van der Waals surface area contributed by atoms with E-state index in [0.717, 1.165) is 41.1 Å². The van der Waals surface area contributed by atoms with Crippen LogP contribution in [0.15, 0.2) is 46.8 Å². The van der Waals surface area contributed by atoms with Crippen molar-refractivity contribution in [3.05, 3.63) is 52.3 Å². The van der Waals surface area contributed by atoms with Crippen molar-refractivity contribution in [3.8, 4) is 0 Å². The molecule has 128 valence electrons. The van der Waals surface area contributed by atoms with E-state index in [2.05, 4.69) is 27.5 Å². The molecule has 0 aliphatic carbocycles. The van der Waals surface area contributed by atoms with Crippen LogP contribution in [0.1, 0.15) is 29.5 Å². The van der Waals surface area contributed by atoms with E-state index in [0.29, 0.717) is 5.75 Å². The Bertz CT molecular complexity index is 895. The van der Waals surface area contributed by atoms with Crippen LogP contribution in [0, 0.1) is 6.92 Å². The highest BCUT2D eigenvalue weighted by Gasteiger charge is 2.30. The van der Waals surface area contributed by atoms with Crippen LogP contribution in [0.2, 0.25) is 0 Å². The summed E-state index contributed by atoms with van der Waals surface area (Å²) in [6.45, 7) is 2.81. The lowest BCUT2D eigenvalue weighted by Gasteiger charge is -2.23. The first-order chi connectivity index (χ1) is 12.2. The summed E-state index contributed by atoms with van der Waals surface area (Å²) in [5.74, 6) is 0.602. The summed E-state index contributed by atoms with van der Waals surface area (Å²) in [6.07, 6.45) is 2.14. The van der Waals surface area contributed by atoms with Gasteiger partial charge in [-0.05, 0) is 43.3 Å². The number of hydrogen-bond donors (Lipinski definition) is 0. The maximum absolute atomic E-state index is 12.8. The fourth-order valence-electron chi connectivity index (χ4n) is 3.26. The number of fused-ring (bicyclic) bond motifs is 1. The van der Waals surface area contributed by atoms with E-state index in [1.807, 2.05) is 36.1 Å². The second kappa shape index (κ2) is 7.14. The minimum Gasteiger partial charge on any atom is -0.334 e. The summed E-state index contributed by atoms with van der Waals surface area (Å²) in [6, 6.07) is 12.3. The first-order valence-corrected chi connectivity index (χ1v) is 10.3. The quantitative estimate of drug-likeness (QED) is 0.637. The zero-order chi connectivity index (χ0) is 17.2. The van der Waals surface area contributed by atoms with Crippen LogP contribution in [0.4, 0.5) is 0 Å². The zero-order valence-electron chi connectivity index (χ0n) is 14.0. The van der Waals surface area contributed by atoms with E-state index in [1.54, 1.807) is 11.3 Å². The van der Waals surface area contributed by atoms with E-state index >= 15 is 0 Å². The van der Waals surface area contributed by atoms with Gasteiger partial charge >= 0.3 is 0 Å². The number of thiophene rings is 1. The van der Waals surface area contributed by atoms with Gasteiger partial charge in [-0.3, -0.25) is 4.79 Å². The molecule has 0 bridgehead atoms. The number of likely N-dealkylation sites (tertiary alicyclic amines) is 1. The van der Waals surface area contributed by atoms with Crippen molar-refractivity contribution in [2.75, 3.05) is 12.3 Å². The number of thioether (sulfide) groups is 1. The third-order valence-corrected chi connectivity index (χ3v) is 6.50. The van der Waals surface area contributed by atoms with Crippen LogP contribution in [0.3, 0.4) is 0 Å². The number of carbonyl (C=O) groups is 1. The number of amides is 1. The number of carbonyl (C=O) groups excluding carboxylic acids is 1. The lowest BCUT2D eigenvalue weighted by atomic mass is 10.2. The van der Waals surface area contributed by atoms with Crippen molar-refractivity contribution in [2.24, 2.45) is 0 Å². The third kappa shape index (κ3) is 3.41. The molecule has 4 rings (SSSR count). The lowest BCUT2D eigenvalue weighted by molar-refractivity contribution is -0.129. The predicted molar refractivity (Wildman–Crippen MR) is 103 cm³/mol. The molecule has 1 amide bonds. The molecule has 0 radical (unpaired) electrons. The Hall–Kier alpha value is -1.92. The number of aryl methyl sites for hydroxylation is 1. The number of rotatable bonds is 4. The monoisotopic (exact) mass is 369 g/mol. The molecule has 1 saturated heterocycles. The molecular formula is C19H19N3OS2. The number of aromatic nitrogens is 2. The molecular weight excluding hydrogens is 350 g/mol. The van der Waals surface area contributed by atoms with Gasteiger partial charge in [-0.1, -0.05) is 30.0 Å². The van der Waals surface area contributed by atoms with Gasteiger partial charge < -0.3 is 4.90 Å². The van der Waals surface area contributed by atoms with E-state index in [4.69, 9.17) is 0 Å². The van der Waals surface area contributed by atoms with Gasteiger partial charge in [-0.25, -0.2) is 9.97 Å². The molecule has 0 saturated carbocycles. The summed E-state index contributed by atoms with van der Waals surface area (Å²) >= 11 is 3.23. The van der Waals surface area contributed by atoms with Crippen molar-refractivity contribution >= 4 is 40.0 Å². The van der Waals surface area contributed by atoms with Gasteiger partial charge in [0, 0.05) is 11.4 Å². The fraction of sp³-hybridized carbons (Fsp3) is 0.316. The minimum absolute atomic E-state index is 0.190. The topological polar surface area (TPSA) is 46.1 Å². The van der Waals surface area contributed by atoms with Gasteiger partial charge in [-0.15, -0.1) is 11.3 Å². The Morgan fingerprint density at radius 1 is 1.24 bits per heavy atom. The molecule has 3 aromatic rings. The maximum atomic E-state index is 12.8. The Kier molecular flexibility index (Phi) is 4.72. The van der Waals surface area contributed by atoms with Gasteiger partial charge in [0.2, 0.25) is 5.91 Å². The second-order valence-corrected chi connectivity index (χ2v) is 8.10. The Labute approximate surface area is 155 Å². The number of benzene rings is 1. The summed E-state index contributed by atoms with van der Waals surface area (Å²) < 4.78 is 0.